The van der Waals surface area contributed by atoms with Crippen molar-refractivity contribution in [2.24, 2.45) is 4.99 Å². The Morgan fingerprint density at radius 1 is 1.20 bits per heavy atom. The summed E-state index contributed by atoms with van der Waals surface area (Å²) in [6.45, 7) is 8.46. The van der Waals surface area contributed by atoms with Crippen molar-refractivity contribution in [2.45, 2.75) is 70.9 Å². The van der Waals surface area contributed by atoms with Crippen LogP contribution in [-0.4, -0.2) is 61.6 Å². The molecule has 1 aliphatic heterocycles. The molecule has 0 atom stereocenters. The zero-order valence-electron chi connectivity index (χ0n) is 18.4. The van der Waals surface area contributed by atoms with E-state index in [2.05, 4.69) is 32.8 Å². The molecule has 0 unspecified atom stereocenters. The van der Waals surface area contributed by atoms with Crippen LogP contribution >= 0.6 is 24.0 Å². The van der Waals surface area contributed by atoms with Gasteiger partial charge in [0.15, 0.2) is 11.7 Å². The van der Waals surface area contributed by atoms with Gasteiger partial charge in [0.25, 0.3) is 5.91 Å². The van der Waals surface area contributed by atoms with Crippen LogP contribution in [0.2, 0.25) is 0 Å². The zero-order valence-corrected chi connectivity index (χ0v) is 20.7. The fraction of sp³-hybridized carbons (Fsp3) is 0.727. The number of aliphatic imine (C=N–C) groups is 1. The molecule has 2 fully saturated rings. The lowest BCUT2D eigenvalue weighted by molar-refractivity contribution is 0.0925. The highest BCUT2D eigenvalue weighted by atomic mass is 127. The first kappa shape index (κ1) is 25.0. The van der Waals surface area contributed by atoms with Crippen LogP contribution in [0.5, 0.6) is 0 Å². The number of halogens is 1. The van der Waals surface area contributed by atoms with E-state index in [9.17, 15) is 4.79 Å². The summed E-state index contributed by atoms with van der Waals surface area (Å²) in [7, 11) is 0. The molecule has 1 saturated carbocycles. The molecule has 2 aliphatic rings. The number of nitrogens with zero attached hydrogens (tertiary/aromatic N) is 2. The predicted molar refractivity (Wildman–Crippen MR) is 132 cm³/mol. The van der Waals surface area contributed by atoms with Gasteiger partial charge in [-0.25, -0.2) is 0 Å². The van der Waals surface area contributed by atoms with Gasteiger partial charge >= 0.3 is 0 Å². The Morgan fingerprint density at radius 2 is 1.93 bits per heavy atom. The molecule has 0 spiro atoms. The molecule has 3 N–H and O–H groups in total. The van der Waals surface area contributed by atoms with Crippen LogP contribution in [0.25, 0.3) is 0 Å². The normalized spacial score (nSPS) is 18.8. The first-order valence-corrected chi connectivity index (χ1v) is 11.3. The summed E-state index contributed by atoms with van der Waals surface area (Å²) in [5.74, 6) is 1.13. The van der Waals surface area contributed by atoms with Gasteiger partial charge in [0.2, 0.25) is 0 Å². The van der Waals surface area contributed by atoms with Crippen LogP contribution in [0.1, 0.15) is 68.0 Å². The van der Waals surface area contributed by atoms with Crippen LogP contribution < -0.4 is 16.0 Å². The molecule has 0 aromatic carbocycles. The third kappa shape index (κ3) is 7.44. The van der Waals surface area contributed by atoms with Gasteiger partial charge < -0.3 is 25.3 Å². The van der Waals surface area contributed by atoms with Crippen molar-refractivity contribution in [1.29, 1.82) is 0 Å². The number of likely N-dealkylation sites (tertiary alicyclic amines) is 1. The summed E-state index contributed by atoms with van der Waals surface area (Å²) in [5.41, 5.74) is 0.859. The molecule has 170 valence electrons. The molecule has 3 rings (SSSR count). The summed E-state index contributed by atoms with van der Waals surface area (Å²) in [5, 5.41) is 9.85. The highest BCUT2D eigenvalue weighted by Crippen LogP contribution is 2.26. The first-order valence-electron chi connectivity index (χ1n) is 11.3. The van der Waals surface area contributed by atoms with E-state index in [0.717, 1.165) is 30.5 Å². The monoisotopic (exact) mass is 531 g/mol. The maximum Gasteiger partial charge on any atom is 0.287 e. The van der Waals surface area contributed by atoms with Gasteiger partial charge in [0.05, 0.1) is 6.26 Å². The number of furan rings is 1. The Hall–Kier alpha value is -1.29. The molecule has 30 heavy (non-hydrogen) atoms. The Bertz CT molecular complexity index is 664. The van der Waals surface area contributed by atoms with Crippen molar-refractivity contribution in [3.63, 3.8) is 0 Å². The average Bonchev–Trinajstić information content (AvgIpc) is 3.40. The summed E-state index contributed by atoms with van der Waals surface area (Å²) < 4.78 is 5.21. The molecule has 8 heteroatoms. The van der Waals surface area contributed by atoms with Crippen molar-refractivity contribution in [1.82, 2.24) is 20.9 Å². The number of rotatable bonds is 8. The van der Waals surface area contributed by atoms with Crippen LogP contribution in [0, 0.1) is 6.92 Å². The Balaban J connectivity index is 0.00000320. The highest BCUT2D eigenvalue weighted by molar-refractivity contribution is 14.0. The third-order valence-corrected chi connectivity index (χ3v) is 6.01. The molecule has 1 aromatic heterocycles. The lowest BCUT2D eigenvalue weighted by atomic mass is 10.0. The van der Waals surface area contributed by atoms with E-state index >= 15 is 0 Å². The molecule has 1 aliphatic carbocycles. The standard InChI is InChI=1S/C22H37N5O2.HI/c1-3-23-22(25-13-6-12-24-21(28)20-17(2)11-16-29-20)26-18-9-14-27(15-10-18)19-7-4-5-8-19;/h11,16,18-19H,3-10,12-15H2,1-2H3,(H,24,28)(H2,23,25,26);1H. The Morgan fingerprint density at radius 3 is 2.57 bits per heavy atom. The van der Waals surface area contributed by atoms with Gasteiger partial charge in [-0.1, -0.05) is 12.8 Å². The number of guanidine groups is 1. The van der Waals surface area contributed by atoms with Crippen molar-refractivity contribution in [3.8, 4) is 0 Å². The highest BCUT2D eigenvalue weighted by Gasteiger charge is 2.27. The van der Waals surface area contributed by atoms with Gasteiger partial charge in [-0.15, -0.1) is 24.0 Å². The second-order valence-electron chi connectivity index (χ2n) is 8.20. The van der Waals surface area contributed by atoms with Gasteiger partial charge in [0.1, 0.15) is 0 Å². The van der Waals surface area contributed by atoms with E-state index < -0.39 is 0 Å². The molecule has 2 heterocycles. The number of nitrogens with one attached hydrogen (secondary N) is 3. The summed E-state index contributed by atoms with van der Waals surface area (Å²) in [6.07, 6.45) is 10.3. The van der Waals surface area contributed by atoms with Gasteiger partial charge in [-0.3, -0.25) is 9.79 Å². The maximum absolute atomic E-state index is 12.0. The summed E-state index contributed by atoms with van der Waals surface area (Å²) >= 11 is 0. The molecule has 0 bridgehead atoms. The Kier molecular flexibility index (Phi) is 11.0. The number of aryl methyl sites for hydroxylation is 1. The number of hydrogen-bond acceptors (Lipinski definition) is 4. The van der Waals surface area contributed by atoms with Crippen LogP contribution in [0.15, 0.2) is 21.7 Å². The topological polar surface area (TPSA) is 81.9 Å². The minimum atomic E-state index is -0.157. The molecular formula is C22H38IN5O2. The molecule has 1 aromatic rings. The number of carbonyl (C=O) groups excluding carboxylic acids is 1. The Labute approximate surface area is 197 Å². The van der Waals surface area contributed by atoms with Crippen molar-refractivity contribution in [3.05, 3.63) is 23.7 Å². The number of amides is 1. The smallest absolute Gasteiger partial charge is 0.287 e. The van der Waals surface area contributed by atoms with E-state index in [1.807, 2.05) is 6.92 Å². The quantitative estimate of drug-likeness (QED) is 0.208. The van der Waals surface area contributed by atoms with Gasteiger partial charge in [0, 0.05) is 50.4 Å². The van der Waals surface area contributed by atoms with Crippen LogP contribution in [-0.2, 0) is 0 Å². The van der Waals surface area contributed by atoms with Gasteiger partial charge in [-0.05, 0) is 52.0 Å². The summed E-state index contributed by atoms with van der Waals surface area (Å²) in [4.78, 5) is 19.4. The second-order valence-corrected chi connectivity index (χ2v) is 8.20. The second kappa shape index (κ2) is 13.2. The van der Waals surface area contributed by atoms with Crippen molar-refractivity contribution < 1.29 is 9.21 Å². The summed E-state index contributed by atoms with van der Waals surface area (Å²) in [6, 6.07) is 3.12. The lowest BCUT2D eigenvalue weighted by Gasteiger charge is -2.36. The largest absolute Gasteiger partial charge is 0.459 e. The first-order chi connectivity index (χ1) is 14.2. The number of piperidine rings is 1. The SMILES string of the molecule is CCNC(=NCCCNC(=O)c1occc1C)NC1CCN(C2CCCC2)CC1.I. The predicted octanol–water partition coefficient (Wildman–Crippen LogP) is 3.29. The molecule has 0 radical (unpaired) electrons. The number of hydrogen-bond donors (Lipinski definition) is 3. The third-order valence-electron chi connectivity index (χ3n) is 6.01. The van der Waals surface area contributed by atoms with E-state index in [0.29, 0.717) is 24.9 Å². The van der Waals surface area contributed by atoms with E-state index in [-0.39, 0.29) is 29.9 Å². The van der Waals surface area contributed by atoms with Crippen LogP contribution in [0.3, 0.4) is 0 Å². The minimum Gasteiger partial charge on any atom is -0.459 e. The molecule has 1 amide bonds. The fourth-order valence-electron chi connectivity index (χ4n) is 4.35. The fourth-order valence-corrected chi connectivity index (χ4v) is 4.35. The van der Waals surface area contributed by atoms with E-state index in [1.165, 1.54) is 51.6 Å². The number of carbonyl (C=O) groups is 1. The minimum absolute atomic E-state index is 0. The van der Waals surface area contributed by atoms with E-state index in [1.54, 1.807) is 12.3 Å². The average molecular weight is 531 g/mol. The van der Waals surface area contributed by atoms with Crippen molar-refractivity contribution in [2.75, 3.05) is 32.7 Å². The van der Waals surface area contributed by atoms with Crippen LogP contribution in [0.4, 0.5) is 0 Å². The maximum atomic E-state index is 12.0. The van der Waals surface area contributed by atoms with Gasteiger partial charge in [-0.2, -0.15) is 0 Å². The van der Waals surface area contributed by atoms with Crippen molar-refractivity contribution >= 4 is 35.8 Å². The van der Waals surface area contributed by atoms with E-state index in [4.69, 9.17) is 4.42 Å². The lowest BCUT2D eigenvalue weighted by Crippen LogP contribution is -2.50. The molecule has 1 saturated heterocycles. The zero-order chi connectivity index (χ0) is 20.5. The molecular weight excluding hydrogens is 493 g/mol. The molecule has 7 nitrogen and oxygen atoms in total.